The molecule has 0 aromatic carbocycles. The summed E-state index contributed by atoms with van der Waals surface area (Å²) in [5.74, 6) is 1.91. The molecule has 1 saturated heterocycles. The average molecular weight is 516 g/mol. The maximum atomic E-state index is 5.83. The number of hydrogen-bond donors (Lipinski definition) is 2. The van der Waals surface area contributed by atoms with E-state index in [4.69, 9.17) is 9.73 Å². The lowest BCUT2D eigenvalue weighted by Gasteiger charge is -2.21. The third-order valence-electron chi connectivity index (χ3n) is 5.51. The standard InChI is InChI=1S/C21H36N6O.HI/c1-2-20-26-25-17-27(20)14-13-23-21(24-16-19-10-6-7-15-28-19)22-12-11-18-8-4-3-5-9-18;/h8,17,19H,2-7,9-16H2,1H3,(H2,22,23,24);1H. The maximum Gasteiger partial charge on any atom is 0.191 e. The number of allylic oxidation sites excluding steroid dienone is 1. The van der Waals surface area contributed by atoms with Gasteiger partial charge in [-0.3, -0.25) is 4.99 Å². The Morgan fingerprint density at radius 2 is 2.14 bits per heavy atom. The van der Waals surface area contributed by atoms with Crippen LogP contribution in [0.1, 0.15) is 64.1 Å². The van der Waals surface area contributed by atoms with Crippen LogP contribution in [0, 0.1) is 0 Å². The fourth-order valence-electron chi connectivity index (χ4n) is 3.83. The minimum Gasteiger partial charge on any atom is -0.376 e. The van der Waals surface area contributed by atoms with Crippen LogP contribution >= 0.6 is 24.0 Å². The molecule has 2 aliphatic rings. The van der Waals surface area contributed by atoms with E-state index >= 15 is 0 Å². The Bertz CT molecular complexity index is 639. The van der Waals surface area contributed by atoms with Crippen LogP contribution in [0.15, 0.2) is 23.0 Å². The first-order valence-corrected chi connectivity index (χ1v) is 11.0. The number of ether oxygens (including phenoxy) is 1. The monoisotopic (exact) mass is 516 g/mol. The van der Waals surface area contributed by atoms with Crippen LogP contribution in [-0.2, 0) is 17.7 Å². The minimum atomic E-state index is 0. The van der Waals surface area contributed by atoms with Gasteiger partial charge in [0, 0.05) is 32.7 Å². The molecule has 1 aromatic rings. The van der Waals surface area contributed by atoms with E-state index in [-0.39, 0.29) is 30.1 Å². The number of aromatic nitrogens is 3. The molecule has 1 aromatic heterocycles. The smallest absolute Gasteiger partial charge is 0.191 e. The van der Waals surface area contributed by atoms with E-state index in [2.05, 4.69) is 38.4 Å². The van der Waals surface area contributed by atoms with E-state index < -0.39 is 0 Å². The van der Waals surface area contributed by atoms with Crippen LogP contribution in [-0.4, -0.2) is 53.1 Å². The van der Waals surface area contributed by atoms with Crippen molar-refractivity contribution >= 4 is 29.9 Å². The van der Waals surface area contributed by atoms with Gasteiger partial charge in [-0.25, -0.2) is 0 Å². The van der Waals surface area contributed by atoms with Gasteiger partial charge in [-0.1, -0.05) is 18.6 Å². The van der Waals surface area contributed by atoms with Crippen LogP contribution in [0.2, 0.25) is 0 Å². The number of aryl methyl sites for hydroxylation is 1. The Morgan fingerprint density at radius 1 is 1.24 bits per heavy atom. The highest BCUT2D eigenvalue weighted by atomic mass is 127. The molecule has 1 atom stereocenters. The molecular weight excluding hydrogens is 479 g/mol. The summed E-state index contributed by atoms with van der Waals surface area (Å²) in [7, 11) is 0. The van der Waals surface area contributed by atoms with Crippen molar-refractivity contribution in [1.29, 1.82) is 0 Å². The Labute approximate surface area is 192 Å². The predicted octanol–water partition coefficient (Wildman–Crippen LogP) is 3.45. The van der Waals surface area contributed by atoms with Gasteiger partial charge in [0.25, 0.3) is 0 Å². The summed E-state index contributed by atoms with van der Waals surface area (Å²) < 4.78 is 7.93. The Morgan fingerprint density at radius 3 is 2.90 bits per heavy atom. The average Bonchev–Trinajstić information content (AvgIpc) is 3.20. The molecule has 0 saturated carbocycles. The lowest BCUT2D eigenvalue weighted by atomic mass is 9.97. The third kappa shape index (κ3) is 8.62. The van der Waals surface area contributed by atoms with Gasteiger partial charge in [0.2, 0.25) is 0 Å². The molecule has 7 nitrogen and oxygen atoms in total. The van der Waals surface area contributed by atoms with E-state index in [1.54, 1.807) is 11.9 Å². The zero-order chi connectivity index (χ0) is 19.4. The van der Waals surface area contributed by atoms with Crippen LogP contribution in [0.5, 0.6) is 0 Å². The number of guanidine groups is 1. The molecule has 1 aliphatic carbocycles. The van der Waals surface area contributed by atoms with Gasteiger partial charge in [-0.15, -0.1) is 34.2 Å². The highest BCUT2D eigenvalue weighted by molar-refractivity contribution is 14.0. The van der Waals surface area contributed by atoms with E-state index in [1.807, 2.05) is 0 Å². The largest absolute Gasteiger partial charge is 0.376 e. The molecule has 164 valence electrons. The molecule has 0 radical (unpaired) electrons. The van der Waals surface area contributed by atoms with Crippen molar-refractivity contribution in [3.05, 3.63) is 23.8 Å². The van der Waals surface area contributed by atoms with Gasteiger partial charge in [0.15, 0.2) is 5.96 Å². The van der Waals surface area contributed by atoms with Gasteiger partial charge in [0.05, 0.1) is 12.6 Å². The van der Waals surface area contributed by atoms with E-state index in [0.717, 1.165) is 63.8 Å². The lowest BCUT2D eigenvalue weighted by molar-refractivity contribution is 0.0224. The Hall–Kier alpha value is -1.16. The second-order valence-electron chi connectivity index (χ2n) is 7.68. The molecule has 3 rings (SSSR count). The van der Waals surface area contributed by atoms with Crippen molar-refractivity contribution < 1.29 is 4.74 Å². The summed E-state index contributed by atoms with van der Waals surface area (Å²) in [6.07, 6.45) is 15.2. The van der Waals surface area contributed by atoms with Crippen molar-refractivity contribution in [3.8, 4) is 0 Å². The molecule has 8 heteroatoms. The molecule has 2 heterocycles. The van der Waals surface area contributed by atoms with Crippen molar-refractivity contribution in [1.82, 2.24) is 25.4 Å². The fourth-order valence-corrected chi connectivity index (χ4v) is 3.83. The van der Waals surface area contributed by atoms with E-state index in [1.165, 1.54) is 38.5 Å². The van der Waals surface area contributed by atoms with Gasteiger partial charge < -0.3 is 19.9 Å². The fraction of sp³-hybridized carbons (Fsp3) is 0.762. The lowest BCUT2D eigenvalue weighted by Crippen LogP contribution is -2.40. The minimum absolute atomic E-state index is 0. The zero-order valence-electron chi connectivity index (χ0n) is 17.7. The molecule has 1 aliphatic heterocycles. The molecule has 0 bridgehead atoms. The van der Waals surface area contributed by atoms with Crippen molar-refractivity contribution in [2.24, 2.45) is 4.99 Å². The summed E-state index contributed by atoms with van der Waals surface area (Å²) in [5.41, 5.74) is 1.59. The summed E-state index contributed by atoms with van der Waals surface area (Å²) in [6.45, 7) is 6.26. The second kappa shape index (κ2) is 14.0. The number of halogens is 1. The molecular formula is C21H37IN6O. The predicted molar refractivity (Wildman–Crippen MR) is 128 cm³/mol. The molecule has 0 amide bonds. The summed E-state index contributed by atoms with van der Waals surface area (Å²) in [4.78, 5) is 4.80. The molecule has 29 heavy (non-hydrogen) atoms. The van der Waals surface area contributed by atoms with Gasteiger partial charge in [-0.05, 0) is 51.4 Å². The van der Waals surface area contributed by atoms with Crippen LogP contribution in [0.4, 0.5) is 0 Å². The van der Waals surface area contributed by atoms with Gasteiger partial charge in [-0.2, -0.15) is 0 Å². The quantitative estimate of drug-likeness (QED) is 0.228. The van der Waals surface area contributed by atoms with Crippen LogP contribution < -0.4 is 10.6 Å². The van der Waals surface area contributed by atoms with Crippen LogP contribution in [0.3, 0.4) is 0 Å². The Balaban J connectivity index is 0.00000300. The molecule has 1 unspecified atom stereocenters. The number of hydrogen-bond acceptors (Lipinski definition) is 4. The molecule has 1 fully saturated rings. The van der Waals surface area contributed by atoms with E-state index in [9.17, 15) is 0 Å². The number of rotatable bonds is 9. The highest BCUT2D eigenvalue weighted by Crippen LogP contribution is 2.19. The van der Waals surface area contributed by atoms with Crippen molar-refractivity contribution in [3.63, 3.8) is 0 Å². The van der Waals surface area contributed by atoms with Gasteiger partial charge >= 0.3 is 0 Å². The van der Waals surface area contributed by atoms with Gasteiger partial charge in [0.1, 0.15) is 12.2 Å². The first kappa shape index (κ1) is 24.1. The summed E-state index contributed by atoms with van der Waals surface area (Å²) in [5, 5.41) is 15.1. The second-order valence-corrected chi connectivity index (χ2v) is 7.68. The maximum absolute atomic E-state index is 5.83. The normalized spacial score (nSPS) is 20.0. The third-order valence-corrected chi connectivity index (χ3v) is 5.51. The topological polar surface area (TPSA) is 76.4 Å². The summed E-state index contributed by atoms with van der Waals surface area (Å²) in [6, 6.07) is 0. The number of nitrogens with zero attached hydrogens (tertiary/aromatic N) is 4. The van der Waals surface area contributed by atoms with E-state index in [0.29, 0.717) is 0 Å². The Kier molecular flexibility index (Phi) is 11.6. The first-order chi connectivity index (χ1) is 13.8. The van der Waals surface area contributed by atoms with Crippen molar-refractivity contribution in [2.75, 3.05) is 26.2 Å². The number of aliphatic imine (C=N–C) groups is 1. The molecule has 2 N–H and O–H groups in total. The SMILES string of the molecule is CCc1nncn1CCNC(=NCC1CCCCO1)NCCC1=CCCCC1.I. The van der Waals surface area contributed by atoms with Crippen molar-refractivity contribution in [2.45, 2.75) is 77.4 Å². The summed E-state index contributed by atoms with van der Waals surface area (Å²) >= 11 is 0. The first-order valence-electron chi connectivity index (χ1n) is 11.0. The zero-order valence-corrected chi connectivity index (χ0v) is 20.1. The number of nitrogens with one attached hydrogen (secondary N) is 2. The highest BCUT2D eigenvalue weighted by Gasteiger charge is 2.13. The molecule has 0 spiro atoms. The van der Waals surface area contributed by atoms with Crippen LogP contribution in [0.25, 0.3) is 0 Å².